The third kappa shape index (κ3) is 4.24. The quantitative estimate of drug-likeness (QED) is 0.218. The Morgan fingerprint density at radius 2 is 1.92 bits per heavy atom. The lowest BCUT2D eigenvalue weighted by atomic mass is 10.2. The fourth-order valence-corrected chi connectivity index (χ4v) is 5.92. The highest BCUT2D eigenvalue weighted by Crippen LogP contribution is 2.31. The van der Waals surface area contributed by atoms with Crippen LogP contribution in [0.4, 0.5) is 5.13 Å². The smallest absolute Gasteiger partial charge is 0.283 e. The number of hydrogen-bond donors (Lipinski definition) is 2. The lowest BCUT2D eigenvalue weighted by Crippen LogP contribution is -2.23. The minimum atomic E-state index is -0.265. The van der Waals surface area contributed by atoms with Gasteiger partial charge >= 0.3 is 0 Å². The second-order valence-corrected chi connectivity index (χ2v) is 10.4. The standard InChI is InChI=1S/C27H21N5O3S2/c1-15-11-12-20(35-2)19(13-15)32-25(34)24-23(16-7-3-4-8-17(16)28-24)31-27(32)36-14-22(33)30-26-29-18-9-5-6-10-21(18)37-26/h3-13,28H,14H2,1-2H3,(H,29,30,33). The molecular formula is C27H21N5O3S2. The Kier molecular flexibility index (Phi) is 5.90. The lowest BCUT2D eigenvalue weighted by Gasteiger charge is -2.15. The fourth-order valence-electron chi connectivity index (χ4n) is 4.24. The van der Waals surface area contributed by atoms with Crippen molar-refractivity contribution in [2.45, 2.75) is 12.1 Å². The van der Waals surface area contributed by atoms with Gasteiger partial charge in [0.25, 0.3) is 5.56 Å². The van der Waals surface area contributed by atoms with Gasteiger partial charge in [-0.2, -0.15) is 0 Å². The molecule has 37 heavy (non-hydrogen) atoms. The molecule has 0 aliphatic carbocycles. The van der Waals surface area contributed by atoms with Crippen molar-refractivity contribution in [2.24, 2.45) is 0 Å². The number of carbonyl (C=O) groups excluding carboxylic acids is 1. The molecule has 0 radical (unpaired) electrons. The largest absolute Gasteiger partial charge is 0.495 e. The minimum absolute atomic E-state index is 0.0460. The first-order chi connectivity index (χ1) is 18.0. The van der Waals surface area contributed by atoms with E-state index in [-0.39, 0.29) is 17.2 Å². The Morgan fingerprint density at radius 3 is 2.76 bits per heavy atom. The number of carbonyl (C=O) groups is 1. The molecule has 0 unspecified atom stereocenters. The normalized spacial score (nSPS) is 11.4. The van der Waals surface area contributed by atoms with E-state index in [1.807, 2.05) is 73.7 Å². The van der Waals surface area contributed by atoms with Crippen LogP contribution in [0, 0.1) is 6.92 Å². The number of fused-ring (bicyclic) bond motifs is 4. The average molecular weight is 528 g/mol. The van der Waals surface area contributed by atoms with Gasteiger partial charge in [0, 0.05) is 10.9 Å². The van der Waals surface area contributed by atoms with Crippen LogP contribution in [0.25, 0.3) is 37.8 Å². The molecule has 8 nitrogen and oxygen atoms in total. The summed E-state index contributed by atoms with van der Waals surface area (Å²) in [5, 5.41) is 4.64. The first kappa shape index (κ1) is 23.3. The van der Waals surface area contributed by atoms with E-state index in [1.165, 1.54) is 27.7 Å². The number of aromatic amines is 1. The number of hydrogen-bond acceptors (Lipinski definition) is 7. The number of H-pyrrole nitrogens is 1. The molecule has 2 N–H and O–H groups in total. The number of para-hydroxylation sites is 2. The summed E-state index contributed by atoms with van der Waals surface area (Å²) in [6, 6.07) is 21.0. The van der Waals surface area contributed by atoms with Crippen LogP contribution in [0.3, 0.4) is 0 Å². The molecule has 184 valence electrons. The molecule has 6 aromatic rings. The summed E-state index contributed by atoms with van der Waals surface area (Å²) in [4.78, 5) is 39.3. The van der Waals surface area contributed by atoms with Crippen LogP contribution in [0.15, 0.2) is 76.7 Å². The predicted octanol–water partition coefficient (Wildman–Crippen LogP) is 5.52. The summed E-state index contributed by atoms with van der Waals surface area (Å²) >= 11 is 2.61. The molecule has 6 rings (SSSR count). The molecule has 0 aliphatic heterocycles. The summed E-state index contributed by atoms with van der Waals surface area (Å²) < 4.78 is 8.09. The second-order valence-electron chi connectivity index (χ2n) is 8.43. The Hall–Kier alpha value is -4.15. The van der Waals surface area contributed by atoms with Gasteiger partial charge in [0.2, 0.25) is 5.91 Å². The van der Waals surface area contributed by atoms with Gasteiger partial charge in [0.1, 0.15) is 16.8 Å². The number of nitrogens with one attached hydrogen (secondary N) is 2. The summed E-state index contributed by atoms with van der Waals surface area (Å²) in [7, 11) is 1.56. The van der Waals surface area contributed by atoms with Gasteiger partial charge in [0.05, 0.1) is 28.8 Å². The van der Waals surface area contributed by atoms with E-state index in [0.717, 1.165) is 26.7 Å². The highest BCUT2D eigenvalue weighted by molar-refractivity contribution is 7.99. The van der Waals surface area contributed by atoms with Gasteiger partial charge < -0.3 is 15.0 Å². The van der Waals surface area contributed by atoms with Crippen molar-refractivity contribution in [1.29, 1.82) is 0 Å². The van der Waals surface area contributed by atoms with Crippen LogP contribution >= 0.6 is 23.1 Å². The van der Waals surface area contributed by atoms with E-state index in [9.17, 15) is 9.59 Å². The van der Waals surface area contributed by atoms with Crippen LogP contribution in [-0.2, 0) is 4.79 Å². The molecule has 3 heterocycles. The van der Waals surface area contributed by atoms with E-state index in [0.29, 0.717) is 32.8 Å². The second kappa shape index (κ2) is 9.38. The molecule has 0 bridgehead atoms. The molecule has 0 aliphatic rings. The number of benzene rings is 3. The van der Waals surface area contributed by atoms with E-state index in [2.05, 4.69) is 15.3 Å². The fraction of sp³-hybridized carbons (Fsp3) is 0.111. The Bertz CT molecular complexity index is 1840. The third-order valence-electron chi connectivity index (χ3n) is 5.94. The number of thioether (sulfide) groups is 1. The summed E-state index contributed by atoms with van der Waals surface area (Å²) in [6.45, 7) is 1.95. The number of thiazole rings is 1. The molecule has 10 heteroatoms. The first-order valence-electron chi connectivity index (χ1n) is 11.5. The topological polar surface area (TPSA) is 102 Å². The summed E-state index contributed by atoms with van der Waals surface area (Å²) in [5.74, 6) is 0.343. The zero-order valence-electron chi connectivity index (χ0n) is 19.9. The van der Waals surface area contributed by atoms with Gasteiger partial charge in [0.15, 0.2) is 10.3 Å². The van der Waals surface area contributed by atoms with Crippen molar-refractivity contribution in [3.63, 3.8) is 0 Å². The highest BCUT2D eigenvalue weighted by Gasteiger charge is 2.20. The molecule has 1 amide bonds. The Morgan fingerprint density at radius 1 is 1.11 bits per heavy atom. The van der Waals surface area contributed by atoms with Gasteiger partial charge in [-0.25, -0.2) is 14.5 Å². The zero-order chi connectivity index (χ0) is 25.5. The molecule has 0 atom stereocenters. The predicted molar refractivity (Wildman–Crippen MR) is 149 cm³/mol. The number of aryl methyl sites for hydroxylation is 1. The van der Waals surface area contributed by atoms with Crippen molar-refractivity contribution in [2.75, 3.05) is 18.2 Å². The average Bonchev–Trinajstić information content (AvgIpc) is 3.48. The number of methoxy groups -OCH3 is 1. The zero-order valence-corrected chi connectivity index (χ0v) is 21.6. The van der Waals surface area contributed by atoms with Crippen molar-refractivity contribution in [3.05, 3.63) is 82.6 Å². The minimum Gasteiger partial charge on any atom is -0.495 e. The number of nitrogens with zero attached hydrogens (tertiary/aromatic N) is 3. The van der Waals surface area contributed by atoms with Gasteiger partial charge in [-0.3, -0.25) is 9.59 Å². The van der Waals surface area contributed by atoms with E-state index >= 15 is 0 Å². The van der Waals surface area contributed by atoms with Crippen molar-refractivity contribution >= 4 is 66.3 Å². The van der Waals surface area contributed by atoms with Crippen molar-refractivity contribution < 1.29 is 9.53 Å². The maximum absolute atomic E-state index is 13.8. The van der Waals surface area contributed by atoms with Gasteiger partial charge in [-0.15, -0.1) is 0 Å². The molecule has 0 saturated heterocycles. The van der Waals surface area contributed by atoms with Crippen LogP contribution in [-0.4, -0.2) is 38.3 Å². The molecule has 0 fully saturated rings. The molecule has 0 spiro atoms. The molecule has 3 aromatic carbocycles. The number of anilines is 1. The highest BCUT2D eigenvalue weighted by atomic mass is 32.2. The SMILES string of the molecule is COc1ccc(C)cc1-n1c(SCC(=O)Nc2nc3ccccc3s2)nc2c([nH]c3ccccc32)c1=O. The number of rotatable bonds is 6. The van der Waals surface area contributed by atoms with E-state index in [1.54, 1.807) is 7.11 Å². The Balaban J connectivity index is 1.42. The van der Waals surface area contributed by atoms with Crippen LogP contribution < -0.4 is 15.6 Å². The van der Waals surface area contributed by atoms with Gasteiger partial charge in [-0.05, 0) is 42.8 Å². The first-order valence-corrected chi connectivity index (χ1v) is 13.3. The Labute approximate surface area is 219 Å². The van der Waals surface area contributed by atoms with Gasteiger partial charge in [-0.1, -0.05) is 59.5 Å². The molecule has 3 aromatic heterocycles. The third-order valence-corrected chi connectivity index (χ3v) is 7.83. The van der Waals surface area contributed by atoms with E-state index in [4.69, 9.17) is 9.72 Å². The van der Waals surface area contributed by atoms with E-state index < -0.39 is 0 Å². The van der Waals surface area contributed by atoms with Crippen LogP contribution in [0.1, 0.15) is 5.56 Å². The number of aromatic nitrogens is 4. The number of amides is 1. The van der Waals surface area contributed by atoms with Crippen molar-refractivity contribution in [3.8, 4) is 11.4 Å². The maximum atomic E-state index is 13.8. The van der Waals surface area contributed by atoms with Crippen molar-refractivity contribution in [1.82, 2.24) is 19.5 Å². The lowest BCUT2D eigenvalue weighted by molar-refractivity contribution is -0.113. The monoisotopic (exact) mass is 527 g/mol. The number of ether oxygens (including phenoxy) is 1. The van der Waals surface area contributed by atoms with Crippen LogP contribution in [0.5, 0.6) is 5.75 Å². The summed E-state index contributed by atoms with van der Waals surface area (Å²) in [5.41, 5.74) is 3.88. The maximum Gasteiger partial charge on any atom is 0.283 e. The molecular weight excluding hydrogens is 506 g/mol. The summed E-state index contributed by atoms with van der Waals surface area (Å²) in [6.07, 6.45) is 0. The molecule has 0 saturated carbocycles. The van der Waals surface area contributed by atoms with Crippen LogP contribution in [0.2, 0.25) is 0 Å².